The normalized spacial score (nSPS) is 25.4. The molecule has 1 aliphatic carbocycles. The highest BCUT2D eigenvalue weighted by atomic mass is 19.4. The van der Waals surface area contributed by atoms with Crippen LogP contribution in [0.25, 0.3) is 0 Å². The van der Waals surface area contributed by atoms with E-state index in [9.17, 15) is 22.8 Å². The van der Waals surface area contributed by atoms with Gasteiger partial charge < -0.3 is 10.4 Å². The van der Waals surface area contributed by atoms with Crippen LogP contribution in [0.5, 0.6) is 0 Å². The maximum absolute atomic E-state index is 12.7. The molecular formula is C10H14F3NO3. The maximum Gasteiger partial charge on any atom is 0.392 e. The molecule has 1 aliphatic rings. The van der Waals surface area contributed by atoms with E-state index in [0.717, 1.165) is 0 Å². The molecule has 17 heavy (non-hydrogen) atoms. The molecule has 0 saturated heterocycles. The summed E-state index contributed by atoms with van der Waals surface area (Å²) in [6.45, 7) is -0.639. The average molecular weight is 253 g/mol. The monoisotopic (exact) mass is 253 g/mol. The van der Waals surface area contributed by atoms with Gasteiger partial charge in [-0.05, 0) is 12.8 Å². The van der Waals surface area contributed by atoms with Crippen molar-refractivity contribution in [3.05, 3.63) is 0 Å². The van der Waals surface area contributed by atoms with Gasteiger partial charge in [-0.1, -0.05) is 12.8 Å². The van der Waals surface area contributed by atoms with E-state index in [-0.39, 0.29) is 12.8 Å². The third kappa shape index (κ3) is 3.90. The van der Waals surface area contributed by atoms with Gasteiger partial charge >= 0.3 is 12.1 Å². The highest BCUT2D eigenvalue weighted by molar-refractivity contribution is 5.83. The Hall–Kier alpha value is -1.27. The molecule has 0 aromatic rings. The standard InChI is InChI=1S/C10H14F3NO3/c11-10(12,13)7-4-2-1-3-6(7)9(17)14-5-8(15)16/h6-7H,1-5H2,(H,14,17)(H,15,16)/t6-,7-/m1/s1. The van der Waals surface area contributed by atoms with Crippen LogP contribution in [0.2, 0.25) is 0 Å². The Morgan fingerprint density at radius 1 is 1.24 bits per heavy atom. The molecule has 7 heteroatoms. The molecule has 0 spiro atoms. The molecule has 2 N–H and O–H groups in total. The van der Waals surface area contributed by atoms with Gasteiger partial charge in [-0.25, -0.2) is 0 Å². The van der Waals surface area contributed by atoms with Crippen molar-refractivity contribution in [3.63, 3.8) is 0 Å². The largest absolute Gasteiger partial charge is 0.480 e. The molecule has 1 amide bonds. The van der Waals surface area contributed by atoms with Crippen molar-refractivity contribution in [2.24, 2.45) is 11.8 Å². The Bertz CT molecular complexity index is 304. The molecule has 0 unspecified atom stereocenters. The summed E-state index contributed by atoms with van der Waals surface area (Å²) in [6, 6.07) is 0. The molecule has 1 fully saturated rings. The van der Waals surface area contributed by atoms with E-state index in [0.29, 0.717) is 12.8 Å². The molecule has 0 aromatic heterocycles. The lowest BCUT2D eigenvalue weighted by Gasteiger charge is -2.31. The van der Waals surface area contributed by atoms with E-state index < -0.39 is 36.4 Å². The minimum Gasteiger partial charge on any atom is -0.480 e. The van der Waals surface area contributed by atoms with Gasteiger partial charge in [0.1, 0.15) is 6.54 Å². The van der Waals surface area contributed by atoms with Gasteiger partial charge in [-0.2, -0.15) is 13.2 Å². The Balaban J connectivity index is 2.64. The fourth-order valence-electron chi connectivity index (χ4n) is 2.13. The van der Waals surface area contributed by atoms with E-state index in [4.69, 9.17) is 5.11 Å². The molecule has 4 nitrogen and oxygen atoms in total. The van der Waals surface area contributed by atoms with Crippen molar-refractivity contribution in [1.29, 1.82) is 0 Å². The summed E-state index contributed by atoms with van der Waals surface area (Å²) in [6.07, 6.45) is -3.28. The van der Waals surface area contributed by atoms with E-state index in [1.54, 1.807) is 0 Å². The summed E-state index contributed by atoms with van der Waals surface area (Å²) >= 11 is 0. The number of hydrogen-bond donors (Lipinski definition) is 2. The van der Waals surface area contributed by atoms with Crippen LogP contribution < -0.4 is 5.32 Å². The molecule has 0 aliphatic heterocycles. The van der Waals surface area contributed by atoms with E-state index in [1.165, 1.54) is 0 Å². The number of rotatable bonds is 3. The van der Waals surface area contributed by atoms with Crippen LogP contribution in [-0.2, 0) is 9.59 Å². The van der Waals surface area contributed by atoms with E-state index >= 15 is 0 Å². The highest BCUT2D eigenvalue weighted by Gasteiger charge is 2.47. The fourth-order valence-corrected chi connectivity index (χ4v) is 2.13. The molecule has 0 heterocycles. The number of carbonyl (C=O) groups is 2. The van der Waals surface area contributed by atoms with Gasteiger partial charge in [-0.15, -0.1) is 0 Å². The van der Waals surface area contributed by atoms with Gasteiger partial charge in [0.05, 0.1) is 5.92 Å². The Morgan fingerprint density at radius 2 is 1.82 bits per heavy atom. The summed E-state index contributed by atoms with van der Waals surface area (Å²) in [4.78, 5) is 21.7. The quantitative estimate of drug-likeness (QED) is 0.802. The van der Waals surface area contributed by atoms with Crippen molar-refractivity contribution in [2.75, 3.05) is 6.54 Å². The van der Waals surface area contributed by atoms with Crippen LogP contribution in [0.1, 0.15) is 25.7 Å². The van der Waals surface area contributed by atoms with Gasteiger partial charge in [-0.3, -0.25) is 9.59 Å². The zero-order valence-electron chi connectivity index (χ0n) is 9.09. The molecular weight excluding hydrogens is 239 g/mol. The lowest BCUT2D eigenvalue weighted by Crippen LogP contribution is -2.43. The highest BCUT2D eigenvalue weighted by Crippen LogP contribution is 2.41. The van der Waals surface area contributed by atoms with Gasteiger partial charge in [0.2, 0.25) is 5.91 Å². The Labute approximate surface area is 96.2 Å². The van der Waals surface area contributed by atoms with Crippen LogP contribution >= 0.6 is 0 Å². The number of aliphatic carboxylic acids is 1. The number of halogens is 3. The van der Waals surface area contributed by atoms with Crippen molar-refractivity contribution < 1.29 is 27.9 Å². The number of nitrogens with one attached hydrogen (secondary N) is 1. The molecule has 0 bridgehead atoms. The van der Waals surface area contributed by atoms with Crippen LogP contribution in [0.4, 0.5) is 13.2 Å². The number of carboxylic acid groups (broad SMARTS) is 1. The molecule has 0 radical (unpaired) electrons. The van der Waals surface area contributed by atoms with Crippen LogP contribution in [0.15, 0.2) is 0 Å². The third-order valence-corrected chi connectivity index (χ3v) is 2.94. The number of hydrogen-bond acceptors (Lipinski definition) is 2. The van der Waals surface area contributed by atoms with Gasteiger partial charge in [0.25, 0.3) is 0 Å². The molecule has 1 saturated carbocycles. The predicted molar refractivity (Wildman–Crippen MR) is 52.1 cm³/mol. The SMILES string of the molecule is O=C(O)CNC(=O)[C@@H]1CCCC[C@H]1C(F)(F)F. The van der Waals surface area contributed by atoms with Crippen LogP contribution in [0, 0.1) is 11.8 Å². The molecule has 1 rings (SSSR count). The number of amides is 1. The second-order valence-corrected chi connectivity index (χ2v) is 4.15. The van der Waals surface area contributed by atoms with Crippen LogP contribution in [-0.4, -0.2) is 29.7 Å². The third-order valence-electron chi connectivity index (χ3n) is 2.94. The zero-order valence-corrected chi connectivity index (χ0v) is 9.09. The van der Waals surface area contributed by atoms with Crippen molar-refractivity contribution in [3.8, 4) is 0 Å². The summed E-state index contributed by atoms with van der Waals surface area (Å²) in [5.74, 6) is -4.87. The smallest absolute Gasteiger partial charge is 0.392 e. The Morgan fingerprint density at radius 3 is 2.35 bits per heavy atom. The summed E-state index contributed by atoms with van der Waals surface area (Å²) in [7, 11) is 0. The maximum atomic E-state index is 12.7. The molecule has 2 atom stereocenters. The van der Waals surface area contributed by atoms with E-state index in [2.05, 4.69) is 0 Å². The van der Waals surface area contributed by atoms with Crippen molar-refractivity contribution in [1.82, 2.24) is 5.32 Å². The average Bonchev–Trinajstić information content (AvgIpc) is 2.24. The first-order chi connectivity index (χ1) is 7.82. The minimum absolute atomic E-state index is 0.0609. The number of alkyl halides is 3. The minimum atomic E-state index is -4.40. The molecule has 98 valence electrons. The first kappa shape index (κ1) is 13.8. The van der Waals surface area contributed by atoms with Gasteiger partial charge in [0, 0.05) is 5.92 Å². The Kier molecular flexibility index (Phi) is 4.36. The summed E-state index contributed by atoms with van der Waals surface area (Å²) in [5, 5.41) is 10.4. The number of carboxylic acids is 1. The predicted octanol–water partition coefficient (Wildman–Crippen LogP) is 1.56. The van der Waals surface area contributed by atoms with Crippen molar-refractivity contribution >= 4 is 11.9 Å². The first-order valence-corrected chi connectivity index (χ1v) is 5.38. The second kappa shape index (κ2) is 5.37. The lowest BCUT2D eigenvalue weighted by molar-refractivity contribution is -0.198. The lowest BCUT2D eigenvalue weighted by atomic mass is 9.78. The summed E-state index contributed by atoms with van der Waals surface area (Å²) < 4.78 is 38.0. The summed E-state index contributed by atoms with van der Waals surface area (Å²) in [5.41, 5.74) is 0. The van der Waals surface area contributed by atoms with Crippen molar-refractivity contribution in [2.45, 2.75) is 31.9 Å². The first-order valence-electron chi connectivity index (χ1n) is 5.38. The number of carbonyl (C=O) groups excluding carboxylic acids is 1. The topological polar surface area (TPSA) is 66.4 Å². The van der Waals surface area contributed by atoms with E-state index in [1.807, 2.05) is 5.32 Å². The van der Waals surface area contributed by atoms with Gasteiger partial charge in [0.15, 0.2) is 0 Å². The zero-order chi connectivity index (χ0) is 13.1. The molecule has 0 aromatic carbocycles. The second-order valence-electron chi connectivity index (χ2n) is 4.15. The van der Waals surface area contributed by atoms with Crippen LogP contribution in [0.3, 0.4) is 0 Å². The fraction of sp³-hybridized carbons (Fsp3) is 0.800.